The van der Waals surface area contributed by atoms with Crippen LogP contribution in [0, 0.1) is 0 Å². The molecule has 16 heavy (non-hydrogen) atoms. The zero-order chi connectivity index (χ0) is 11.8. The normalized spacial score (nSPS) is 19.1. The summed E-state index contributed by atoms with van der Waals surface area (Å²) in [6, 6.07) is 7.19. The SMILES string of the molecule is COC(C)C1(c2cccc(C(=O)O)c2)CC1. The minimum atomic E-state index is -0.872. The van der Waals surface area contributed by atoms with Crippen molar-refractivity contribution in [2.75, 3.05) is 7.11 Å². The van der Waals surface area contributed by atoms with Gasteiger partial charge in [0.05, 0.1) is 11.7 Å². The van der Waals surface area contributed by atoms with Crippen molar-refractivity contribution in [2.45, 2.75) is 31.3 Å². The van der Waals surface area contributed by atoms with Crippen molar-refractivity contribution in [3.63, 3.8) is 0 Å². The van der Waals surface area contributed by atoms with E-state index in [9.17, 15) is 4.79 Å². The Morgan fingerprint density at radius 3 is 2.69 bits per heavy atom. The lowest BCUT2D eigenvalue weighted by molar-refractivity contribution is 0.0695. The van der Waals surface area contributed by atoms with E-state index in [0.717, 1.165) is 18.4 Å². The van der Waals surface area contributed by atoms with Gasteiger partial charge in [0.15, 0.2) is 0 Å². The number of carbonyl (C=O) groups is 1. The maximum atomic E-state index is 10.9. The molecule has 3 nitrogen and oxygen atoms in total. The highest BCUT2D eigenvalue weighted by Gasteiger charge is 2.49. The third kappa shape index (κ3) is 1.71. The molecule has 1 aliphatic carbocycles. The van der Waals surface area contributed by atoms with Crippen LogP contribution in [0.15, 0.2) is 24.3 Å². The van der Waals surface area contributed by atoms with Crippen LogP contribution in [0.25, 0.3) is 0 Å². The topological polar surface area (TPSA) is 46.5 Å². The minimum absolute atomic E-state index is 0.0419. The second kappa shape index (κ2) is 3.91. The summed E-state index contributed by atoms with van der Waals surface area (Å²) in [5, 5.41) is 8.96. The summed E-state index contributed by atoms with van der Waals surface area (Å²) in [6.45, 7) is 2.04. The Hall–Kier alpha value is -1.35. The van der Waals surface area contributed by atoms with Gasteiger partial charge in [0, 0.05) is 12.5 Å². The molecule has 1 atom stereocenters. The monoisotopic (exact) mass is 220 g/mol. The Morgan fingerprint density at radius 2 is 2.19 bits per heavy atom. The van der Waals surface area contributed by atoms with E-state index < -0.39 is 5.97 Å². The van der Waals surface area contributed by atoms with Crippen molar-refractivity contribution < 1.29 is 14.6 Å². The molecule has 86 valence electrons. The van der Waals surface area contributed by atoms with Crippen LogP contribution in [0.4, 0.5) is 0 Å². The summed E-state index contributed by atoms with van der Waals surface area (Å²) in [7, 11) is 1.70. The Morgan fingerprint density at radius 1 is 1.50 bits per heavy atom. The first-order chi connectivity index (χ1) is 7.60. The van der Waals surface area contributed by atoms with Gasteiger partial charge in [-0.25, -0.2) is 4.79 Å². The second-order valence-corrected chi connectivity index (χ2v) is 4.42. The number of carboxylic acid groups (broad SMARTS) is 1. The van der Waals surface area contributed by atoms with Crippen LogP contribution in [0.1, 0.15) is 35.7 Å². The molecule has 1 aromatic rings. The van der Waals surface area contributed by atoms with Gasteiger partial charge >= 0.3 is 5.97 Å². The van der Waals surface area contributed by atoms with Crippen molar-refractivity contribution in [3.8, 4) is 0 Å². The van der Waals surface area contributed by atoms with Gasteiger partial charge in [-0.3, -0.25) is 0 Å². The molecule has 1 saturated carbocycles. The summed E-state index contributed by atoms with van der Waals surface area (Å²) in [5.41, 5.74) is 1.48. The Kier molecular flexibility index (Phi) is 2.72. The molecule has 0 bridgehead atoms. The fourth-order valence-electron chi connectivity index (χ4n) is 2.25. The van der Waals surface area contributed by atoms with Crippen molar-refractivity contribution in [1.82, 2.24) is 0 Å². The molecule has 0 aliphatic heterocycles. The molecule has 1 N–H and O–H groups in total. The lowest BCUT2D eigenvalue weighted by Crippen LogP contribution is -2.25. The van der Waals surface area contributed by atoms with E-state index >= 15 is 0 Å². The molecular formula is C13H16O3. The summed E-state index contributed by atoms with van der Waals surface area (Å²) >= 11 is 0. The third-order valence-electron chi connectivity index (χ3n) is 3.60. The van der Waals surface area contributed by atoms with Crippen molar-refractivity contribution >= 4 is 5.97 Å². The number of carboxylic acids is 1. The van der Waals surface area contributed by atoms with Crippen LogP contribution < -0.4 is 0 Å². The first-order valence-corrected chi connectivity index (χ1v) is 5.47. The number of hydrogen-bond donors (Lipinski definition) is 1. The average molecular weight is 220 g/mol. The largest absolute Gasteiger partial charge is 0.478 e. The number of benzene rings is 1. The summed E-state index contributed by atoms with van der Waals surface area (Å²) in [4.78, 5) is 10.9. The molecule has 1 fully saturated rings. The van der Waals surface area contributed by atoms with E-state index in [1.165, 1.54) is 0 Å². The van der Waals surface area contributed by atoms with Gasteiger partial charge in [-0.2, -0.15) is 0 Å². The van der Waals surface area contributed by atoms with Gasteiger partial charge in [-0.1, -0.05) is 12.1 Å². The highest BCUT2D eigenvalue weighted by Crippen LogP contribution is 2.51. The Balaban J connectivity index is 2.34. The number of ether oxygens (including phenoxy) is 1. The molecule has 2 rings (SSSR count). The van der Waals surface area contributed by atoms with E-state index in [-0.39, 0.29) is 11.5 Å². The van der Waals surface area contributed by atoms with Gasteiger partial charge in [0.2, 0.25) is 0 Å². The van der Waals surface area contributed by atoms with Crippen LogP contribution in [0.3, 0.4) is 0 Å². The summed E-state index contributed by atoms with van der Waals surface area (Å²) in [5.74, 6) is -0.872. The fourth-order valence-corrected chi connectivity index (χ4v) is 2.25. The molecule has 1 aromatic carbocycles. The summed E-state index contributed by atoms with van der Waals surface area (Å²) in [6.07, 6.45) is 2.28. The van der Waals surface area contributed by atoms with Crippen LogP contribution in [-0.4, -0.2) is 24.3 Å². The van der Waals surface area contributed by atoms with Gasteiger partial charge in [-0.15, -0.1) is 0 Å². The van der Waals surface area contributed by atoms with Crippen LogP contribution in [0.5, 0.6) is 0 Å². The number of aromatic carboxylic acids is 1. The second-order valence-electron chi connectivity index (χ2n) is 4.42. The van der Waals surface area contributed by atoms with Crippen molar-refractivity contribution in [1.29, 1.82) is 0 Å². The molecule has 0 heterocycles. The molecular weight excluding hydrogens is 204 g/mol. The van der Waals surface area contributed by atoms with E-state index in [1.54, 1.807) is 25.3 Å². The lowest BCUT2D eigenvalue weighted by atomic mass is 9.89. The van der Waals surface area contributed by atoms with E-state index in [2.05, 4.69) is 0 Å². The first kappa shape index (κ1) is 11.1. The smallest absolute Gasteiger partial charge is 0.335 e. The molecule has 3 heteroatoms. The van der Waals surface area contributed by atoms with E-state index in [0.29, 0.717) is 5.56 Å². The Labute approximate surface area is 95.0 Å². The molecule has 1 unspecified atom stereocenters. The fraction of sp³-hybridized carbons (Fsp3) is 0.462. The third-order valence-corrected chi connectivity index (χ3v) is 3.60. The van der Waals surface area contributed by atoms with E-state index in [1.807, 2.05) is 13.0 Å². The zero-order valence-electron chi connectivity index (χ0n) is 9.56. The van der Waals surface area contributed by atoms with Gasteiger partial charge in [0.1, 0.15) is 0 Å². The standard InChI is InChI=1S/C13H16O3/c1-9(16-2)13(6-7-13)11-5-3-4-10(8-11)12(14)15/h3-5,8-9H,6-7H2,1-2H3,(H,14,15). The molecule has 0 saturated heterocycles. The van der Waals surface area contributed by atoms with Crippen molar-refractivity contribution in [2.24, 2.45) is 0 Å². The highest BCUT2D eigenvalue weighted by molar-refractivity contribution is 5.87. The number of rotatable bonds is 4. The molecule has 0 spiro atoms. The molecule has 1 aliphatic rings. The first-order valence-electron chi connectivity index (χ1n) is 5.47. The highest BCUT2D eigenvalue weighted by atomic mass is 16.5. The zero-order valence-corrected chi connectivity index (χ0v) is 9.56. The number of hydrogen-bond acceptors (Lipinski definition) is 2. The van der Waals surface area contributed by atoms with Gasteiger partial charge in [0.25, 0.3) is 0 Å². The van der Waals surface area contributed by atoms with Crippen LogP contribution >= 0.6 is 0 Å². The average Bonchev–Trinajstić information content (AvgIpc) is 3.09. The van der Waals surface area contributed by atoms with Gasteiger partial charge < -0.3 is 9.84 Å². The minimum Gasteiger partial charge on any atom is -0.478 e. The van der Waals surface area contributed by atoms with E-state index in [4.69, 9.17) is 9.84 Å². The molecule has 0 aromatic heterocycles. The quantitative estimate of drug-likeness (QED) is 0.847. The summed E-state index contributed by atoms with van der Waals surface area (Å²) < 4.78 is 5.38. The van der Waals surface area contributed by atoms with Crippen LogP contribution in [-0.2, 0) is 10.2 Å². The molecule has 0 amide bonds. The maximum absolute atomic E-state index is 10.9. The maximum Gasteiger partial charge on any atom is 0.335 e. The van der Waals surface area contributed by atoms with Gasteiger partial charge in [-0.05, 0) is 37.5 Å². The predicted octanol–water partition coefficient (Wildman–Crippen LogP) is 2.45. The van der Waals surface area contributed by atoms with Crippen molar-refractivity contribution in [3.05, 3.63) is 35.4 Å². The van der Waals surface area contributed by atoms with Crippen LogP contribution in [0.2, 0.25) is 0 Å². The number of methoxy groups -OCH3 is 1. The molecule has 0 radical (unpaired) electrons. The predicted molar refractivity (Wildman–Crippen MR) is 60.8 cm³/mol. The lowest BCUT2D eigenvalue weighted by Gasteiger charge is -2.22. The Bertz CT molecular complexity index is 407.